The van der Waals surface area contributed by atoms with E-state index in [1.165, 1.54) is 6.92 Å². The monoisotopic (exact) mass is 159 g/mol. The summed E-state index contributed by atoms with van der Waals surface area (Å²) >= 11 is 0. The molecule has 0 fully saturated rings. The molecule has 11 heavy (non-hydrogen) atoms. The Morgan fingerprint density at radius 1 is 1.55 bits per heavy atom. The molecule has 0 saturated heterocycles. The normalized spacial score (nSPS) is 12.3. The maximum Gasteiger partial charge on any atom is 0.220 e. The smallest absolute Gasteiger partial charge is 0.220 e. The van der Waals surface area contributed by atoms with E-state index in [0.717, 1.165) is 0 Å². The van der Waals surface area contributed by atoms with E-state index in [1.54, 1.807) is 6.92 Å². The van der Waals surface area contributed by atoms with Crippen molar-refractivity contribution in [2.75, 3.05) is 6.61 Å². The molecule has 0 spiro atoms. The number of nitrogens with one attached hydrogen (secondary N) is 1. The van der Waals surface area contributed by atoms with Gasteiger partial charge in [0.05, 0.1) is 6.61 Å². The Balaban J connectivity index is 3.88. The first-order valence-corrected chi connectivity index (χ1v) is 3.52. The molecule has 0 radical (unpaired) electrons. The standard InChI is InChI=1S/C7H13NO3/c1-3-7(11)8-6(4-9)5(2)10/h6,9H,3-4H2,1-2H3,(H,8,11). The molecule has 0 aliphatic rings. The van der Waals surface area contributed by atoms with Crippen LogP contribution < -0.4 is 5.32 Å². The Labute approximate surface area is 65.6 Å². The summed E-state index contributed by atoms with van der Waals surface area (Å²) in [6, 6.07) is -0.734. The van der Waals surface area contributed by atoms with Crippen molar-refractivity contribution in [3.8, 4) is 0 Å². The van der Waals surface area contributed by atoms with Gasteiger partial charge in [-0.3, -0.25) is 9.59 Å². The van der Waals surface area contributed by atoms with Crippen LogP contribution >= 0.6 is 0 Å². The number of aliphatic hydroxyl groups excluding tert-OH is 1. The van der Waals surface area contributed by atoms with E-state index in [4.69, 9.17) is 5.11 Å². The van der Waals surface area contributed by atoms with E-state index in [9.17, 15) is 9.59 Å². The molecule has 0 rings (SSSR count). The third kappa shape index (κ3) is 3.72. The first-order chi connectivity index (χ1) is 5.11. The second-order valence-corrected chi connectivity index (χ2v) is 2.27. The molecule has 0 saturated carbocycles. The molecule has 1 unspecified atom stereocenters. The topological polar surface area (TPSA) is 66.4 Å². The van der Waals surface area contributed by atoms with Crippen molar-refractivity contribution in [1.82, 2.24) is 5.32 Å². The predicted molar refractivity (Wildman–Crippen MR) is 40.0 cm³/mol. The van der Waals surface area contributed by atoms with Crippen molar-refractivity contribution in [2.24, 2.45) is 0 Å². The molecule has 1 amide bonds. The zero-order chi connectivity index (χ0) is 8.85. The molecule has 0 aromatic carbocycles. The summed E-state index contributed by atoms with van der Waals surface area (Å²) in [5.41, 5.74) is 0. The van der Waals surface area contributed by atoms with Gasteiger partial charge in [-0.2, -0.15) is 0 Å². The summed E-state index contributed by atoms with van der Waals surface area (Å²) in [6.07, 6.45) is 0.323. The highest BCUT2D eigenvalue weighted by atomic mass is 16.3. The van der Waals surface area contributed by atoms with Crippen LogP contribution in [0.2, 0.25) is 0 Å². The summed E-state index contributed by atoms with van der Waals surface area (Å²) in [6.45, 7) is 2.68. The van der Waals surface area contributed by atoms with Crippen LogP contribution in [-0.4, -0.2) is 29.4 Å². The van der Waals surface area contributed by atoms with Crippen LogP contribution in [0.5, 0.6) is 0 Å². The molecular weight excluding hydrogens is 146 g/mol. The molecule has 0 aromatic heterocycles. The van der Waals surface area contributed by atoms with Gasteiger partial charge in [0.2, 0.25) is 5.91 Å². The molecule has 64 valence electrons. The summed E-state index contributed by atoms with van der Waals surface area (Å²) < 4.78 is 0. The maximum atomic E-state index is 10.7. The van der Waals surface area contributed by atoms with Gasteiger partial charge in [-0.1, -0.05) is 6.92 Å². The van der Waals surface area contributed by atoms with Crippen molar-refractivity contribution in [1.29, 1.82) is 0 Å². The molecule has 0 aliphatic heterocycles. The van der Waals surface area contributed by atoms with E-state index in [-0.39, 0.29) is 18.3 Å². The van der Waals surface area contributed by atoms with Gasteiger partial charge in [0.1, 0.15) is 6.04 Å². The van der Waals surface area contributed by atoms with Crippen molar-refractivity contribution in [3.05, 3.63) is 0 Å². The van der Waals surface area contributed by atoms with Crippen LogP contribution in [0, 0.1) is 0 Å². The average Bonchev–Trinajstić information content (AvgIpc) is 1.99. The SMILES string of the molecule is CCC(=O)NC(CO)C(C)=O. The molecular formula is C7H13NO3. The van der Waals surface area contributed by atoms with E-state index in [1.807, 2.05) is 0 Å². The zero-order valence-electron chi connectivity index (χ0n) is 6.76. The van der Waals surface area contributed by atoms with Crippen molar-refractivity contribution >= 4 is 11.7 Å². The van der Waals surface area contributed by atoms with Crippen molar-refractivity contribution < 1.29 is 14.7 Å². The van der Waals surface area contributed by atoms with Gasteiger partial charge < -0.3 is 10.4 Å². The lowest BCUT2D eigenvalue weighted by Gasteiger charge is -2.11. The quantitative estimate of drug-likeness (QED) is 0.579. The fraction of sp³-hybridized carbons (Fsp3) is 0.714. The van der Waals surface area contributed by atoms with Gasteiger partial charge in [-0.05, 0) is 6.92 Å². The Morgan fingerprint density at radius 2 is 2.09 bits per heavy atom. The number of ketones is 1. The molecule has 4 heteroatoms. The second-order valence-electron chi connectivity index (χ2n) is 2.27. The second kappa shape index (κ2) is 4.85. The lowest BCUT2D eigenvalue weighted by Crippen LogP contribution is -2.41. The van der Waals surface area contributed by atoms with Crippen LogP contribution in [0.3, 0.4) is 0 Å². The summed E-state index contributed by atoms with van der Waals surface area (Å²) in [5, 5.41) is 11.0. The number of rotatable bonds is 4. The number of hydrogen-bond donors (Lipinski definition) is 2. The molecule has 1 atom stereocenters. The van der Waals surface area contributed by atoms with Crippen LogP contribution in [0.1, 0.15) is 20.3 Å². The summed E-state index contributed by atoms with van der Waals surface area (Å²) in [7, 11) is 0. The van der Waals surface area contributed by atoms with E-state index in [0.29, 0.717) is 6.42 Å². The average molecular weight is 159 g/mol. The van der Waals surface area contributed by atoms with Gasteiger partial charge in [0.25, 0.3) is 0 Å². The highest BCUT2D eigenvalue weighted by Gasteiger charge is 2.13. The van der Waals surface area contributed by atoms with Gasteiger partial charge >= 0.3 is 0 Å². The van der Waals surface area contributed by atoms with Crippen molar-refractivity contribution in [2.45, 2.75) is 26.3 Å². The number of Topliss-reactive ketones (excluding diaryl/α,β-unsaturated/α-hetero) is 1. The van der Waals surface area contributed by atoms with Crippen LogP contribution in [0.15, 0.2) is 0 Å². The van der Waals surface area contributed by atoms with E-state index in [2.05, 4.69) is 5.32 Å². The fourth-order valence-corrected chi connectivity index (χ4v) is 0.572. The van der Waals surface area contributed by atoms with Crippen LogP contribution in [0.25, 0.3) is 0 Å². The van der Waals surface area contributed by atoms with Crippen molar-refractivity contribution in [3.63, 3.8) is 0 Å². The number of aliphatic hydroxyl groups is 1. The molecule has 0 bridgehead atoms. The summed E-state index contributed by atoms with van der Waals surface area (Å²) in [5.74, 6) is -0.450. The maximum absolute atomic E-state index is 10.7. The minimum absolute atomic E-state index is 0.223. The Hall–Kier alpha value is -0.900. The van der Waals surface area contributed by atoms with Crippen LogP contribution in [0.4, 0.5) is 0 Å². The Kier molecular flexibility index (Phi) is 4.45. The molecule has 4 nitrogen and oxygen atoms in total. The first kappa shape index (κ1) is 10.1. The van der Waals surface area contributed by atoms with Crippen LogP contribution in [-0.2, 0) is 9.59 Å². The minimum Gasteiger partial charge on any atom is -0.394 e. The van der Waals surface area contributed by atoms with Gasteiger partial charge in [0.15, 0.2) is 5.78 Å². The van der Waals surface area contributed by atoms with Gasteiger partial charge in [-0.15, -0.1) is 0 Å². The Bertz CT molecular complexity index is 156. The predicted octanol–water partition coefficient (Wildman–Crippen LogP) is -0.538. The highest BCUT2D eigenvalue weighted by molar-refractivity contribution is 5.87. The number of carbonyl (C=O) groups is 2. The summed E-state index contributed by atoms with van der Waals surface area (Å²) in [4.78, 5) is 21.4. The van der Waals surface area contributed by atoms with Gasteiger partial charge in [-0.25, -0.2) is 0 Å². The Morgan fingerprint density at radius 3 is 2.36 bits per heavy atom. The van der Waals surface area contributed by atoms with E-state index < -0.39 is 6.04 Å². The highest BCUT2D eigenvalue weighted by Crippen LogP contribution is 1.86. The third-order valence-corrected chi connectivity index (χ3v) is 1.33. The lowest BCUT2D eigenvalue weighted by atomic mass is 10.2. The first-order valence-electron chi connectivity index (χ1n) is 3.52. The zero-order valence-corrected chi connectivity index (χ0v) is 6.76. The molecule has 0 aromatic rings. The minimum atomic E-state index is -0.734. The van der Waals surface area contributed by atoms with E-state index >= 15 is 0 Å². The number of amides is 1. The third-order valence-electron chi connectivity index (χ3n) is 1.33. The lowest BCUT2D eigenvalue weighted by molar-refractivity contribution is -0.127. The molecule has 2 N–H and O–H groups in total. The number of hydrogen-bond acceptors (Lipinski definition) is 3. The number of carbonyl (C=O) groups excluding carboxylic acids is 2. The molecule has 0 heterocycles. The molecule has 0 aliphatic carbocycles. The largest absolute Gasteiger partial charge is 0.394 e. The fourth-order valence-electron chi connectivity index (χ4n) is 0.572. The van der Waals surface area contributed by atoms with Gasteiger partial charge in [0, 0.05) is 6.42 Å².